The molecule has 0 radical (unpaired) electrons. The van der Waals surface area contributed by atoms with E-state index in [9.17, 15) is 14.0 Å². The molecule has 0 aliphatic carbocycles. The molecule has 0 bridgehead atoms. The summed E-state index contributed by atoms with van der Waals surface area (Å²) in [5, 5.41) is 3.39. The zero-order valence-corrected chi connectivity index (χ0v) is 18.9. The lowest BCUT2D eigenvalue weighted by molar-refractivity contribution is -0.111. The number of amides is 1. The standard InChI is InChI=1S/C23H24FN3O4S/c1-27(11-12-30-2)14-17-8-9-18-20(21(23(29)31-3)32-22(18)25-17)26-19(28)10-7-15-5-4-6-16(24)13-15/h4-10,13H,11-12,14H2,1-3H3,(H,26,28)/b10-7+. The van der Waals surface area contributed by atoms with Crippen molar-refractivity contribution in [2.24, 2.45) is 0 Å². The molecule has 0 fully saturated rings. The fourth-order valence-corrected chi connectivity index (χ4v) is 4.08. The van der Waals surface area contributed by atoms with Crippen LogP contribution in [0.15, 0.2) is 42.5 Å². The van der Waals surface area contributed by atoms with E-state index in [1.165, 1.54) is 31.4 Å². The van der Waals surface area contributed by atoms with Crippen LogP contribution < -0.4 is 5.32 Å². The van der Waals surface area contributed by atoms with Crippen molar-refractivity contribution in [3.8, 4) is 0 Å². The van der Waals surface area contributed by atoms with Crippen molar-refractivity contribution in [2.75, 3.05) is 39.7 Å². The molecule has 0 atom stereocenters. The predicted octanol–water partition coefficient (Wildman–Crippen LogP) is 3.95. The van der Waals surface area contributed by atoms with Gasteiger partial charge in [-0.3, -0.25) is 9.69 Å². The maximum absolute atomic E-state index is 13.3. The first-order valence-corrected chi connectivity index (χ1v) is 10.7. The number of benzene rings is 1. The van der Waals surface area contributed by atoms with Crippen LogP contribution in [0.2, 0.25) is 0 Å². The van der Waals surface area contributed by atoms with Gasteiger partial charge in [0.05, 0.1) is 25.1 Å². The Balaban J connectivity index is 1.85. The van der Waals surface area contributed by atoms with Gasteiger partial charge in [0.15, 0.2) is 0 Å². The number of anilines is 1. The van der Waals surface area contributed by atoms with Crippen LogP contribution >= 0.6 is 11.3 Å². The van der Waals surface area contributed by atoms with E-state index < -0.39 is 11.9 Å². The number of nitrogens with one attached hydrogen (secondary N) is 1. The Kier molecular flexibility index (Phi) is 8.04. The number of rotatable bonds is 9. The van der Waals surface area contributed by atoms with Crippen LogP contribution in [-0.4, -0.2) is 56.2 Å². The Morgan fingerprint density at radius 2 is 2.06 bits per heavy atom. The van der Waals surface area contributed by atoms with Crippen LogP contribution in [0.4, 0.5) is 10.1 Å². The normalized spacial score (nSPS) is 11.4. The molecule has 3 aromatic rings. The molecule has 1 N–H and O–H groups in total. The van der Waals surface area contributed by atoms with Crippen molar-refractivity contribution in [2.45, 2.75) is 6.54 Å². The molecule has 2 aromatic heterocycles. The zero-order valence-electron chi connectivity index (χ0n) is 18.1. The van der Waals surface area contributed by atoms with Crippen molar-refractivity contribution in [1.82, 2.24) is 9.88 Å². The number of esters is 1. The van der Waals surface area contributed by atoms with Gasteiger partial charge in [-0.15, -0.1) is 11.3 Å². The lowest BCUT2D eigenvalue weighted by atomic mass is 10.2. The lowest BCUT2D eigenvalue weighted by Crippen LogP contribution is -2.22. The van der Waals surface area contributed by atoms with Gasteiger partial charge in [-0.05, 0) is 43.0 Å². The third-order valence-corrected chi connectivity index (χ3v) is 5.70. The number of aromatic nitrogens is 1. The monoisotopic (exact) mass is 457 g/mol. The summed E-state index contributed by atoms with van der Waals surface area (Å²) in [6, 6.07) is 9.58. The molecule has 32 heavy (non-hydrogen) atoms. The van der Waals surface area contributed by atoms with E-state index in [2.05, 4.69) is 15.2 Å². The third kappa shape index (κ3) is 5.97. The number of nitrogens with zero attached hydrogens (tertiary/aromatic N) is 2. The highest BCUT2D eigenvalue weighted by atomic mass is 32.1. The first kappa shape index (κ1) is 23.5. The molecule has 0 aliphatic heterocycles. The molecule has 0 unspecified atom stereocenters. The van der Waals surface area contributed by atoms with E-state index in [1.807, 2.05) is 19.2 Å². The van der Waals surface area contributed by atoms with Gasteiger partial charge in [-0.25, -0.2) is 14.2 Å². The summed E-state index contributed by atoms with van der Waals surface area (Å²) in [6.07, 6.45) is 2.78. The number of carbonyl (C=O) groups is 2. The minimum atomic E-state index is -0.559. The second kappa shape index (κ2) is 10.9. The number of ether oxygens (including phenoxy) is 2. The van der Waals surface area contributed by atoms with E-state index >= 15 is 0 Å². The van der Waals surface area contributed by atoms with Gasteiger partial charge >= 0.3 is 5.97 Å². The van der Waals surface area contributed by atoms with E-state index in [0.29, 0.717) is 34.6 Å². The molecule has 0 saturated heterocycles. The van der Waals surface area contributed by atoms with Gasteiger partial charge in [-0.2, -0.15) is 0 Å². The Labute approximate surface area is 189 Å². The Morgan fingerprint density at radius 3 is 2.78 bits per heavy atom. The first-order valence-electron chi connectivity index (χ1n) is 9.84. The van der Waals surface area contributed by atoms with Gasteiger partial charge in [-0.1, -0.05) is 12.1 Å². The Hall–Kier alpha value is -3.14. The van der Waals surface area contributed by atoms with Crippen LogP contribution in [0, 0.1) is 5.82 Å². The SMILES string of the molecule is COCCN(C)Cc1ccc2c(NC(=O)/C=C/c3cccc(F)c3)c(C(=O)OC)sc2n1. The average molecular weight is 458 g/mol. The minimum Gasteiger partial charge on any atom is -0.465 e. The summed E-state index contributed by atoms with van der Waals surface area (Å²) in [5.74, 6) is -1.40. The molecule has 2 heterocycles. The number of pyridine rings is 1. The zero-order chi connectivity index (χ0) is 23.1. The molecule has 1 amide bonds. The van der Waals surface area contributed by atoms with Crippen LogP contribution in [0.5, 0.6) is 0 Å². The molecule has 0 aliphatic rings. The smallest absolute Gasteiger partial charge is 0.350 e. The highest BCUT2D eigenvalue weighted by Gasteiger charge is 2.21. The second-order valence-electron chi connectivity index (χ2n) is 7.06. The van der Waals surface area contributed by atoms with Gasteiger partial charge in [0.25, 0.3) is 0 Å². The Bertz CT molecular complexity index is 1150. The summed E-state index contributed by atoms with van der Waals surface area (Å²) >= 11 is 1.16. The molecule has 168 valence electrons. The average Bonchev–Trinajstić information content (AvgIpc) is 3.13. The van der Waals surface area contributed by atoms with Crippen LogP contribution in [0.25, 0.3) is 16.3 Å². The number of methoxy groups -OCH3 is 2. The number of carbonyl (C=O) groups excluding carboxylic acids is 2. The summed E-state index contributed by atoms with van der Waals surface area (Å²) in [4.78, 5) is 32.4. The van der Waals surface area contributed by atoms with E-state index in [1.54, 1.807) is 19.2 Å². The highest BCUT2D eigenvalue weighted by molar-refractivity contribution is 7.21. The van der Waals surface area contributed by atoms with Crippen LogP contribution in [0.3, 0.4) is 0 Å². The highest BCUT2D eigenvalue weighted by Crippen LogP contribution is 2.35. The van der Waals surface area contributed by atoms with E-state index in [-0.39, 0.29) is 10.7 Å². The number of fused-ring (bicyclic) bond motifs is 1. The third-order valence-electron chi connectivity index (χ3n) is 4.62. The molecular weight excluding hydrogens is 433 g/mol. The number of halogens is 1. The molecule has 1 aromatic carbocycles. The number of hydrogen-bond acceptors (Lipinski definition) is 7. The molecule has 0 spiro atoms. The fraction of sp³-hybridized carbons (Fsp3) is 0.261. The molecule has 9 heteroatoms. The van der Waals surface area contributed by atoms with E-state index in [0.717, 1.165) is 23.6 Å². The van der Waals surface area contributed by atoms with Crippen molar-refractivity contribution < 1.29 is 23.5 Å². The van der Waals surface area contributed by atoms with Gasteiger partial charge in [0.2, 0.25) is 5.91 Å². The maximum atomic E-state index is 13.3. The fourth-order valence-electron chi connectivity index (χ4n) is 3.02. The second-order valence-corrected chi connectivity index (χ2v) is 8.06. The van der Waals surface area contributed by atoms with Gasteiger partial charge in [0, 0.05) is 31.7 Å². The van der Waals surface area contributed by atoms with Crippen molar-refractivity contribution in [3.05, 3.63) is 64.4 Å². The van der Waals surface area contributed by atoms with Crippen LogP contribution in [0.1, 0.15) is 20.9 Å². The molecule has 3 rings (SSSR count). The first-order chi connectivity index (χ1) is 15.4. The molecule has 7 nitrogen and oxygen atoms in total. The topological polar surface area (TPSA) is 80.8 Å². The molecule has 0 saturated carbocycles. The van der Waals surface area contributed by atoms with Crippen LogP contribution in [-0.2, 0) is 20.8 Å². The summed E-state index contributed by atoms with van der Waals surface area (Å²) in [5.41, 5.74) is 1.72. The van der Waals surface area contributed by atoms with Crippen molar-refractivity contribution >= 4 is 45.2 Å². The molecular formula is C23H24FN3O4S. The quantitative estimate of drug-likeness (QED) is 0.387. The van der Waals surface area contributed by atoms with Gasteiger partial charge < -0.3 is 14.8 Å². The number of hydrogen-bond donors (Lipinski definition) is 1. The minimum absolute atomic E-state index is 0.257. The summed E-state index contributed by atoms with van der Waals surface area (Å²) in [6.45, 7) is 1.99. The van der Waals surface area contributed by atoms with E-state index in [4.69, 9.17) is 9.47 Å². The summed E-state index contributed by atoms with van der Waals surface area (Å²) < 4.78 is 23.3. The number of thiophene rings is 1. The van der Waals surface area contributed by atoms with Crippen molar-refractivity contribution in [3.63, 3.8) is 0 Å². The maximum Gasteiger partial charge on any atom is 0.350 e. The van der Waals surface area contributed by atoms with Gasteiger partial charge in [0.1, 0.15) is 15.5 Å². The largest absolute Gasteiger partial charge is 0.465 e. The summed E-state index contributed by atoms with van der Waals surface area (Å²) in [7, 11) is 4.91. The predicted molar refractivity (Wildman–Crippen MR) is 123 cm³/mol. The Morgan fingerprint density at radius 1 is 1.25 bits per heavy atom. The lowest BCUT2D eigenvalue weighted by Gasteiger charge is -2.15. The number of likely N-dealkylation sites (N-methyl/N-ethyl adjacent to an activating group) is 1. The van der Waals surface area contributed by atoms with Crippen molar-refractivity contribution in [1.29, 1.82) is 0 Å².